The molecule has 29 heavy (non-hydrogen) atoms. The van der Waals surface area contributed by atoms with Gasteiger partial charge in [0.05, 0.1) is 7.11 Å². The Morgan fingerprint density at radius 3 is 2.52 bits per heavy atom. The third kappa shape index (κ3) is 3.88. The Bertz CT molecular complexity index is 896. The van der Waals surface area contributed by atoms with E-state index in [1.54, 1.807) is 19.2 Å². The van der Waals surface area contributed by atoms with Gasteiger partial charge in [-0.3, -0.25) is 9.69 Å². The van der Waals surface area contributed by atoms with Crippen LogP contribution >= 0.6 is 11.6 Å². The number of carbonyl (C=O) groups excluding carboxylic acids is 1. The van der Waals surface area contributed by atoms with Crippen LogP contribution in [-0.2, 0) is 0 Å². The molecular weight excluding hydrogens is 384 g/mol. The van der Waals surface area contributed by atoms with Crippen molar-refractivity contribution >= 4 is 17.5 Å². The Balaban J connectivity index is 1.52. The molecule has 2 aromatic rings. The number of hydrogen-bond acceptors (Lipinski definition) is 3. The average molecular weight is 413 g/mol. The minimum absolute atomic E-state index is 0.111. The van der Waals surface area contributed by atoms with Crippen LogP contribution in [0.25, 0.3) is 0 Å². The lowest BCUT2D eigenvalue weighted by Gasteiger charge is -2.48. The summed E-state index contributed by atoms with van der Waals surface area (Å²) in [6.45, 7) is 6.83. The van der Waals surface area contributed by atoms with Crippen molar-refractivity contribution in [3.05, 3.63) is 63.7 Å². The molecular formula is C24H29ClN2O2. The Kier molecular flexibility index (Phi) is 5.84. The van der Waals surface area contributed by atoms with Gasteiger partial charge in [-0.05, 0) is 80.1 Å². The van der Waals surface area contributed by atoms with Crippen molar-refractivity contribution in [2.24, 2.45) is 0 Å². The molecule has 2 heterocycles. The minimum Gasteiger partial charge on any atom is -0.496 e. The molecule has 0 bridgehead atoms. The fourth-order valence-corrected chi connectivity index (χ4v) is 5.07. The number of fused-ring (bicyclic) bond motifs is 1. The average Bonchev–Trinajstić information content (AvgIpc) is 2.75. The molecule has 1 amide bonds. The van der Waals surface area contributed by atoms with Gasteiger partial charge >= 0.3 is 0 Å². The van der Waals surface area contributed by atoms with Crippen LogP contribution in [0, 0.1) is 13.8 Å². The highest BCUT2D eigenvalue weighted by Crippen LogP contribution is 2.39. The number of nitrogens with zero attached hydrogens (tertiary/aromatic N) is 2. The van der Waals surface area contributed by atoms with Gasteiger partial charge in [-0.15, -0.1) is 0 Å². The van der Waals surface area contributed by atoms with Gasteiger partial charge in [0, 0.05) is 42.3 Å². The number of ether oxygens (including phenoxy) is 1. The number of benzene rings is 2. The lowest BCUT2D eigenvalue weighted by Crippen LogP contribution is -2.57. The van der Waals surface area contributed by atoms with Gasteiger partial charge in [0.15, 0.2) is 0 Å². The molecule has 0 spiro atoms. The highest BCUT2D eigenvalue weighted by atomic mass is 35.5. The van der Waals surface area contributed by atoms with Crippen molar-refractivity contribution < 1.29 is 9.53 Å². The molecule has 0 aliphatic carbocycles. The molecule has 2 fully saturated rings. The van der Waals surface area contributed by atoms with Gasteiger partial charge in [0.25, 0.3) is 5.91 Å². The van der Waals surface area contributed by atoms with Crippen molar-refractivity contribution in [2.45, 2.75) is 45.2 Å². The summed E-state index contributed by atoms with van der Waals surface area (Å²) in [6.07, 6.45) is 3.52. The summed E-state index contributed by atoms with van der Waals surface area (Å²) in [7, 11) is 1.73. The largest absolute Gasteiger partial charge is 0.496 e. The number of piperidine rings is 1. The minimum atomic E-state index is 0.111. The lowest BCUT2D eigenvalue weighted by atomic mass is 9.86. The highest BCUT2D eigenvalue weighted by molar-refractivity contribution is 6.30. The quantitative estimate of drug-likeness (QED) is 0.709. The topological polar surface area (TPSA) is 32.8 Å². The number of carbonyl (C=O) groups is 1. The van der Waals surface area contributed by atoms with Gasteiger partial charge in [0.1, 0.15) is 5.75 Å². The number of rotatable bonds is 3. The maximum Gasteiger partial charge on any atom is 0.253 e. The van der Waals surface area contributed by atoms with Crippen molar-refractivity contribution in [3.63, 3.8) is 0 Å². The summed E-state index contributed by atoms with van der Waals surface area (Å²) in [4.78, 5) is 17.6. The van der Waals surface area contributed by atoms with Crippen molar-refractivity contribution in [1.29, 1.82) is 0 Å². The number of methoxy groups -OCH3 is 1. The lowest BCUT2D eigenvalue weighted by molar-refractivity contribution is 0.0102. The number of halogens is 1. The Morgan fingerprint density at radius 2 is 1.79 bits per heavy atom. The fraction of sp³-hybridized carbons (Fsp3) is 0.458. The Morgan fingerprint density at radius 1 is 1.03 bits per heavy atom. The molecule has 0 aromatic heterocycles. The first-order valence-corrected chi connectivity index (χ1v) is 10.8. The molecule has 2 atom stereocenters. The van der Waals surface area contributed by atoms with Crippen LogP contribution in [0.3, 0.4) is 0 Å². The molecule has 5 heteroatoms. The van der Waals surface area contributed by atoms with E-state index in [9.17, 15) is 4.79 Å². The Labute approximate surface area is 178 Å². The van der Waals surface area contributed by atoms with E-state index in [2.05, 4.69) is 30.9 Å². The second-order valence-electron chi connectivity index (χ2n) is 8.20. The van der Waals surface area contributed by atoms with Crippen LogP contribution in [-0.4, -0.2) is 48.5 Å². The zero-order valence-corrected chi connectivity index (χ0v) is 18.2. The first-order chi connectivity index (χ1) is 14.0. The predicted molar refractivity (Wildman–Crippen MR) is 117 cm³/mol. The molecule has 0 saturated carbocycles. The molecule has 154 valence electrons. The third-order valence-electron chi connectivity index (χ3n) is 6.68. The molecule has 4 rings (SSSR count). The SMILES string of the molecule is COc1ccc(C2CCCC3CN(C(=O)c4ccc(Cl)cc4)CCN32)c(C)c1C. The van der Waals surface area contributed by atoms with Crippen molar-refractivity contribution in [3.8, 4) is 5.75 Å². The molecule has 2 aliphatic rings. The van der Waals surface area contributed by atoms with Crippen molar-refractivity contribution in [2.75, 3.05) is 26.7 Å². The van der Waals surface area contributed by atoms with Gasteiger partial charge in [-0.2, -0.15) is 0 Å². The van der Waals surface area contributed by atoms with E-state index in [0.717, 1.165) is 37.4 Å². The normalized spacial score (nSPS) is 22.3. The zero-order chi connectivity index (χ0) is 20.5. The number of piperazine rings is 1. The van der Waals surface area contributed by atoms with E-state index in [4.69, 9.17) is 16.3 Å². The zero-order valence-electron chi connectivity index (χ0n) is 17.5. The van der Waals surface area contributed by atoms with Gasteiger partial charge in [-0.25, -0.2) is 0 Å². The molecule has 0 N–H and O–H groups in total. The van der Waals surface area contributed by atoms with E-state index >= 15 is 0 Å². The molecule has 2 aromatic carbocycles. The third-order valence-corrected chi connectivity index (χ3v) is 6.93. The van der Waals surface area contributed by atoms with Gasteiger partial charge in [0.2, 0.25) is 0 Å². The summed E-state index contributed by atoms with van der Waals surface area (Å²) >= 11 is 5.97. The van der Waals surface area contributed by atoms with Crippen LogP contribution in [0.2, 0.25) is 5.02 Å². The molecule has 4 nitrogen and oxygen atoms in total. The maximum atomic E-state index is 13.0. The molecule has 0 radical (unpaired) electrons. The first kappa shape index (κ1) is 20.2. The molecule has 2 unspecified atom stereocenters. The Hall–Kier alpha value is -2.04. The summed E-state index contributed by atoms with van der Waals surface area (Å²) < 4.78 is 5.50. The van der Waals surface area contributed by atoms with Crippen LogP contribution in [0.4, 0.5) is 0 Å². The number of hydrogen-bond donors (Lipinski definition) is 0. The molecule has 2 aliphatic heterocycles. The first-order valence-electron chi connectivity index (χ1n) is 10.4. The monoisotopic (exact) mass is 412 g/mol. The smallest absolute Gasteiger partial charge is 0.253 e. The summed E-state index contributed by atoms with van der Waals surface area (Å²) in [5.41, 5.74) is 4.68. The van der Waals surface area contributed by atoms with Crippen molar-refractivity contribution in [1.82, 2.24) is 9.80 Å². The van der Waals surface area contributed by atoms with Crippen LogP contribution in [0.5, 0.6) is 5.75 Å². The number of amides is 1. The summed E-state index contributed by atoms with van der Waals surface area (Å²) in [5, 5.41) is 0.659. The standard InChI is InChI=1S/C24H29ClN2O2/c1-16-17(2)23(29-3)12-11-21(16)22-6-4-5-20-15-26(13-14-27(20)22)24(28)18-7-9-19(25)10-8-18/h7-12,20,22H,4-6,13-15H2,1-3H3. The van der Waals surface area contributed by atoms with E-state index in [1.165, 1.54) is 29.5 Å². The van der Waals surface area contributed by atoms with E-state index < -0.39 is 0 Å². The second-order valence-corrected chi connectivity index (χ2v) is 8.64. The van der Waals surface area contributed by atoms with E-state index in [1.807, 2.05) is 17.0 Å². The van der Waals surface area contributed by atoms with Gasteiger partial charge in [-0.1, -0.05) is 17.7 Å². The van der Waals surface area contributed by atoms with Gasteiger partial charge < -0.3 is 9.64 Å². The van der Waals surface area contributed by atoms with Crippen LogP contribution in [0.1, 0.15) is 52.4 Å². The maximum absolute atomic E-state index is 13.0. The summed E-state index contributed by atoms with van der Waals surface area (Å²) in [6, 6.07) is 12.4. The molecule has 2 saturated heterocycles. The van der Waals surface area contributed by atoms with E-state index in [-0.39, 0.29) is 5.91 Å². The predicted octanol–water partition coefficient (Wildman–Crippen LogP) is 5.02. The van der Waals surface area contributed by atoms with Crippen LogP contribution < -0.4 is 4.74 Å². The fourth-order valence-electron chi connectivity index (χ4n) is 4.94. The van der Waals surface area contributed by atoms with Crippen LogP contribution in [0.15, 0.2) is 36.4 Å². The van der Waals surface area contributed by atoms with E-state index in [0.29, 0.717) is 17.1 Å². The summed E-state index contributed by atoms with van der Waals surface area (Å²) in [5.74, 6) is 1.07. The second kappa shape index (κ2) is 8.37. The highest BCUT2D eigenvalue weighted by Gasteiger charge is 2.37.